The van der Waals surface area contributed by atoms with Gasteiger partial charge in [-0.3, -0.25) is 0 Å². The van der Waals surface area contributed by atoms with Gasteiger partial charge in [-0.25, -0.2) is 4.79 Å². The van der Waals surface area contributed by atoms with E-state index in [9.17, 15) is 4.79 Å². The van der Waals surface area contributed by atoms with Gasteiger partial charge in [-0.1, -0.05) is 73.7 Å². The maximum absolute atomic E-state index is 11.8. The van der Waals surface area contributed by atoms with Crippen LogP contribution in [0.25, 0.3) is 0 Å². The molecule has 1 unspecified atom stereocenters. The van der Waals surface area contributed by atoms with Crippen molar-refractivity contribution in [2.24, 2.45) is 0 Å². The first-order valence-corrected chi connectivity index (χ1v) is 11.1. The first-order valence-electron chi connectivity index (χ1n) is 7.31. The molecule has 1 atom stereocenters. The Labute approximate surface area is 142 Å². The second kappa shape index (κ2) is 9.37. The Balaban J connectivity index is 2.99. The van der Waals surface area contributed by atoms with Crippen LogP contribution in [0.1, 0.15) is 32.6 Å². The Morgan fingerprint density at radius 3 is 2.24 bits per heavy atom. The number of carbonyl (C=O) groups excluding carboxylic acids is 1. The lowest BCUT2D eigenvalue weighted by Crippen LogP contribution is -2.38. The van der Waals surface area contributed by atoms with E-state index in [4.69, 9.17) is 9.16 Å². The van der Waals surface area contributed by atoms with Gasteiger partial charge in [0.05, 0.1) is 0 Å². The van der Waals surface area contributed by atoms with Gasteiger partial charge in [0.1, 0.15) is 0 Å². The molecule has 0 spiro atoms. The van der Waals surface area contributed by atoms with Gasteiger partial charge in [0.25, 0.3) is 0 Å². The van der Waals surface area contributed by atoms with Crippen LogP contribution in [0.3, 0.4) is 0 Å². The maximum atomic E-state index is 11.8. The number of rotatable bonds is 8. The highest BCUT2D eigenvalue weighted by molar-refractivity contribution is 14.1. The average Bonchev–Trinajstić information content (AvgIpc) is 2.53. The van der Waals surface area contributed by atoms with Gasteiger partial charge >= 0.3 is 5.97 Å². The molecule has 0 N–H and O–H groups in total. The lowest BCUT2D eigenvalue weighted by atomic mass is 10.2. The summed E-state index contributed by atoms with van der Waals surface area (Å²) < 4.78 is 13.5. The van der Waals surface area contributed by atoms with Crippen LogP contribution in [0.4, 0.5) is 0 Å². The maximum Gasteiger partial charge on any atom is 0.333 e. The summed E-state index contributed by atoms with van der Waals surface area (Å²) in [5.41, 5.74) is 0.889. The number of esters is 1. The molecular formula is C16H23IO3Si. The van der Waals surface area contributed by atoms with Crippen molar-refractivity contribution in [1.82, 2.24) is 0 Å². The summed E-state index contributed by atoms with van der Waals surface area (Å²) in [6.07, 6.45) is 0.797. The summed E-state index contributed by atoms with van der Waals surface area (Å²) in [7, 11) is -1.86. The van der Waals surface area contributed by atoms with E-state index < -0.39 is 14.6 Å². The standard InChI is InChI=1S/C16H23IO3Si/c1-4-21(5-2,6-3)20-16(19-15(18)12-13-17)14-10-8-7-9-11-14/h7-13,16H,4-6H2,1-3H3. The summed E-state index contributed by atoms with van der Waals surface area (Å²) >= 11 is 2.00. The Kier molecular flexibility index (Phi) is 8.21. The van der Waals surface area contributed by atoms with Crippen LogP contribution in [-0.4, -0.2) is 14.3 Å². The summed E-state index contributed by atoms with van der Waals surface area (Å²) in [5.74, 6) is -0.371. The van der Waals surface area contributed by atoms with E-state index in [-0.39, 0.29) is 5.97 Å². The molecule has 0 radical (unpaired) electrons. The van der Waals surface area contributed by atoms with E-state index in [1.807, 2.05) is 52.9 Å². The van der Waals surface area contributed by atoms with Crippen molar-refractivity contribution in [3.8, 4) is 0 Å². The van der Waals surface area contributed by atoms with Crippen LogP contribution in [0.2, 0.25) is 18.1 Å². The molecule has 0 aromatic heterocycles. The minimum absolute atomic E-state index is 0.371. The van der Waals surface area contributed by atoms with Gasteiger partial charge in [0.2, 0.25) is 6.29 Å². The largest absolute Gasteiger partial charge is 0.429 e. The summed E-state index contributed by atoms with van der Waals surface area (Å²) in [5, 5.41) is 0. The number of benzene rings is 1. The minimum Gasteiger partial charge on any atom is -0.429 e. The smallest absolute Gasteiger partial charge is 0.333 e. The predicted molar refractivity (Wildman–Crippen MR) is 96.7 cm³/mol. The molecule has 0 aliphatic rings. The lowest BCUT2D eigenvalue weighted by Gasteiger charge is -2.32. The second-order valence-electron chi connectivity index (χ2n) is 4.83. The molecule has 1 rings (SSSR count). The fraction of sp³-hybridized carbons (Fsp3) is 0.438. The van der Waals surface area contributed by atoms with Gasteiger partial charge in [-0.15, -0.1) is 0 Å². The molecule has 21 heavy (non-hydrogen) atoms. The highest BCUT2D eigenvalue weighted by atomic mass is 127. The fourth-order valence-electron chi connectivity index (χ4n) is 2.19. The van der Waals surface area contributed by atoms with Gasteiger partial charge < -0.3 is 9.16 Å². The second-order valence-corrected chi connectivity index (χ2v) is 10.3. The van der Waals surface area contributed by atoms with Crippen molar-refractivity contribution in [3.05, 3.63) is 46.1 Å². The van der Waals surface area contributed by atoms with Crippen molar-refractivity contribution < 1.29 is 14.0 Å². The molecular weight excluding hydrogens is 395 g/mol. The molecule has 5 heteroatoms. The van der Waals surface area contributed by atoms with Crippen molar-refractivity contribution in [2.75, 3.05) is 0 Å². The number of hydrogen-bond acceptors (Lipinski definition) is 3. The molecule has 1 aromatic carbocycles. The molecule has 0 aliphatic heterocycles. The third-order valence-corrected chi connectivity index (χ3v) is 8.72. The zero-order chi connectivity index (χ0) is 15.7. The monoisotopic (exact) mass is 418 g/mol. The highest BCUT2D eigenvalue weighted by Gasteiger charge is 2.34. The minimum atomic E-state index is -1.86. The first kappa shape index (κ1) is 18.4. The van der Waals surface area contributed by atoms with E-state index in [2.05, 4.69) is 20.8 Å². The highest BCUT2D eigenvalue weighted by Crippen LogP contribution is 2.30. The number of carbonyl (C=O) groups is 1. The Hall–Kier alpha value is -0.663. The van der Waals surface area contributed by atoms with E-state index in [1.54, 1.807) is 4.08 Å². The van der Waals surface area contributed by atoms with E-state index in [1.165, 1.54) is 6.08 Å². The molecule has 0 saturated heterocycles. The molecule has 0 heterocycles. The topological polar surface area (TPSA) is 35.5 Å². The zero-order valence-electron chi connectivity index (χ0n) is 12.8. The number of hydrogen-bond donors (Lipinski definition) is 0. The van der Waals surface area contributed by atoms with Gasteiger partial charge in [0.15, 0.2) is 8.32 Å². The summed E-state index contributed by atoms with van der Waals surface area (Å²) in [4.78, 5) is 11.8. The van der Waals surface area contributed by atoms with Gasteiger partial charge in [-0.2, -0.15) is 0 Å². The van der Waals surface area contributed by atoms with Crippen LogP contribution in [0.15, 0.2) is 40.5 Å². The van der Waals surface area contributed by atoms with Crippen molar-refractivity contribution in [1.29, 1.82) is 0 Å². The van der Waals surface area contributed by atoms with Crippen molar-refractivity contribution in [3.63, 3.8) is 0 Å². The normalized spacial score (nSPS) is 13.3. The van der Waals surface area contributed by atoms with Crippen molar-refractivity contribution in [2.45, 2.75) is 45.2 Å². The van der Waals surface area contributed by atoms with E-state index >= 15 is 0 Å². The van der Waals surface area contributed by atoms with Crippen LogP contribution in [-0.2, 0) is 14.0 Å². The van der Waals surface area contributed by atoms with Crippen molar-refractivity contribution >= 4 is 36.9 Å². The molecule has 0 aliphatic carbocycles. The summed E-state index contributed by atoms with van der Waals surface area (Å²) in [6.45, 7) is 6.48. The van der Waals surface area contributed by atoms with Crippen LogP contribution >= 0.6 is 22.6 Å². The number of halogens is 1. The third kappa shape index (κ3) is 5.56. The van der Waals surface area contributed by atoms with Gasteiger partial charge in [-0.05, 0) is 22.2 Å². The van der Waals surface area contributed by atoms with Crippen LogP contribution in [0, 0.1) is 0 Å². The molecule has 0 bridgehead atoms. The molecule has 3 nitrogen and oxygen atoms in total. The number of ether oxygens (including phenoxy) is 1. The Bertz CT molecular complexity index is 450. The molecule has 0 saturated carbocycles. The quantitative estimate of drug-likeness (QED) is 0.191. The van der Waals surface area contributed by atoms with Crippen LogP contribution in [0.5, 0.6) is 0 Å². The van der Waals surface area contributed by atoms with E-state index in [0.717, 1.165) is 23.7 Å². The third-order valence-electron chi connectivity index (χ3n) is 3.78. The lowest BCUT2D eigenvalue weighted by molar-refractivity contribution is -0.160. The van der Waals surface area contributed by atoms with Crippen LogP contribution < -0.4 is 0 Å². The Morgan fingerprint density at radius 1 is 1.19 bits per heavy atom. The molecule has 116 valence electrons. The first-order chi connectivity index (χ1) is 10.1. The Morgan fingerprint density at radius 2 is 1.76 bits per heavy atom. The predicted octanol–water partition coefficient (Wildman–Crippen LogP) is 5.20. The van der Waals surface area contributed by atoms with E-state index in [0.29, 0.717) is 0 Å². The fourth-order valence-corrected chi connectivity index (χ4v) is 5.13. The zero-order valence-corrected chi connectivity index (χ0v) is 16.0. The molecule has 0 amide bonds. The molecule has 1 aromatic rings. The van der Waals surface area contributed by atoms with Gasteiger partial charge in [0, 0.05) is 11.6 Å². The average molecular weight is 418 g/mol. The SMILES string of the molecule is CC[Si](CC)(CC)OC(OC(=O)C=CI)c1ccccc1. The summed E-state index contributed by atoms with van der Waals surface area (Å²) in [6, 6.07) is 12.7. The molecule has 0 fully saturated rings.